The molecule has 0 unspecified atom stereocenters. The van der Waals surface area contributed by atoms with Crippen molar-refractivity contribution >= 4 is 17.5 Å². The van der Waals surface area contributed by atoms with E-state index in [1.165, 1.54) is 5.56 Å². The largest absolute Gasteiger partial charge is 0.351 e. The molecule has 1 aromatic rings. The van der Waals surface area contributed by atoms with E-state index in [9.17, 15) is 4.79 Å². The second kappa shape index (κ2) is 11.7. The zero-order chi connectivity index (χ0) is 19.5. The van der Waals surface area contributed by atoms with Crippen molar-refractivity contribution in [1.29, 1.82) is 0 Å². The summed E-state index contributed by atoms with van der Waals surface area (Å²) in [5.41, 5.74) is 1.31. The summed E-state index contributed by atoms with van der Waals surface area (Å²) in [4.78, 5) is 17.3. The Labute approximate surface area is 170 Å². The van der Waals surface area contributed by atoms with Gasteiger partial charge in [-0.25, -0.2) is 0 Å². The standard InChI is InChI=1S/C22H36ClN3O/c1-3-22(4-2,24-21(27)11-8-13-23)12-14-25-15-17-26(18-16-25)19-20-9-6-5-7-10-20/h5-7,9-10H,3-4,8,11-19H2,1-2H3,(H,24,27). The van der Waals surface area contributed by atoms with Crippen LogP contribution in [0.2, 0.25) is 0 Å². The number of piperazine rings is 1. The normalized spacial score (nSPS) is 16.4. The molecule has 0 saturated carbocycles. The monoisotopic (exact) mass is 393 g/mol. The number of carbonyl (C=O) groups excluding carboxylic acids is 1. The summed E-state index contributed by atoms with van der Waals surface area (Å²) < 4.78 is 0. The summed E-state index contributed by atoms with van der Waals surface area (Å²) in [7, 11) is 0. The second-order valence-corrected chi connectivity index (χ2v) is 8.06. The third-order valence-corrected chi connectivity index (χ3v) is 6.18. The van der Waals surface area contributed by atoms with Gasteiger partial charge in [0, 0.05) is 57.1 Å². The molecular formula is C22H36ClN3O. The fraction of sp³-hybridized carbons (Fsp3) is 0.682. The molecule has 5 heteroatoms. The van der Waals surface area contributed by atoms with Gasteiger partial charge in [0.1, 0.15) is 0 Å². The molecule has 0 bridgehead atoms. The first kappa shape index (κ1) is 22.2. The molecule has 1 N–H and O–H groups in total. The maximum Gasteiger partial charge on any atom is 0.220 e. The zero-order valence-electron chi connectivity index (χ0n) is 17.1. The fourth-order valence-corrected chi connectivity index (χ4v) is 3.95. The number of hydrogen-bond acceptors (Lipinski definition) is 3. The lowest BCUT2D eigenvalue weighted by Crippen LogP contribution is -2.52. The topological polar surface area (TPSA) is 35.6 Å². The van der Waals surface area contributed by atoms with Gasteiger partial charge in [0.05, 0.1) is 0 Å². The Morgan fingerprint density at radius 3 is 2.30 bits per heavy atom. The highest BCUT2D eigenvalue weighted by molar-refractivity contribution is 6.17. The van der Waals surface area contributed by atoms with E-state index in [0.29, 0.717) is 12.3 Å². The van der Waals surface area contributed by atoms with Crippen molar-refractivity contribution in [2.45, 2.75) is 58.0 Å². The highest BCUT2D eigenvalue weighted by Gasteiger charge is 2.29. The molecule has 1 saturated heterocycles. The van der Waals surface area contributed by atoms with Gasteiger partial charge in [-0.2, -0.15) is 0 Å². The van der Waals surface area contributed by atoms with E-state index < -0.39 is 0 Å². The first-order valence-electron chi connectivity index (χ1n) is 10.5. The highest BCUT2D eigenvalue weighted by atomic mass is 35.5. The third kappa shape index (κ3) is 7.44. The van der Waals surface area contributed by atoms with Crippen LogP contribution in [0.3, 0.4) is 0 Å². The lowest BCUT2D eigenvalue weighted by Gasteiger charge is -2.38. The van der Waals surface area contributed by atoms with Crippen LogP contribution in [0.15, 0.2) is 30.3 Å². The Morgan fingerprint density at radius 2 is 1.70 bits per heavy atom. The van der Waals surface area contributed by atoms with E-state index in [1.807, 2.05) is 0 Å². The van der Waals surface area contributed by atoms with Gasteiger partial charge in [0.25, 0.3) is 0 Å². The van der Waals surface area contributed by atoms with Crippen LogP contribution in [0.25, 0.3) is 0 Å². The Bertz CT molecular complexity index is 540. The van der Waals surface area contributed by atoms with Gasteiger partial charge in [-0.05, 0) is 31.2 Å². The molecule has 0 spiro atoms. The second-order valence-electron chi connectivity index (χ2n) is 7.68. The zero-order valence-corrected chi connectivity index (χ0v) is 17.8. The van der Waals surface area contributed by atoms with E-state index in [-0.39, 0.29) is 11.4 Å². The molecule has 2 rings (SSSR count). The van der Waals surface area contributed by atoms with Crippen molar-refractivity contribution in [2.75, 3.05) is 38.6 Å². The number of amides is 1. The van der Waals surface area contributed by atoms with Crippen LogP contribution in [0.4, 0.5) is 0 Å². The van der Waals surface area contributed by atoms with Gasteiger partial charge < -0.3 is 10.2 Å². The molecule has 1 amide bonds. The fourth-order valence-electron chi connectivity index (χ4n) is 3.81. The van der Waals surface area contributed by atoms with Crippen molar-refractivity contribution in [1.82, 2.24) is 15.1 Å². The maximum atomic E-state index is 12.2. The van der Waals surface area contributed by atoms with Crippen LogP contribution < -0.4 is 5.32 Å². The number of rotatable bonds is 11. The molecule has 0 atom stereocenters. The van der Waals surface area contributed by atoms with E-state index in [0.717, 1.165) is 65.0 Å². The quantitative estimate of drug-likeness (QED) is 0.579. The summed E-state index contributed by atoms with van der Waals surface area (Å²) in [6, 6.07) is 10.7. The van der Waals surface area contributed by atoms with Crippen molar-refractivity contribution in [3.63, 3.8) is 0 Å². The smallest absolute Gasteiger partial charge is 0.220 e. The van der Waals surface area contributed by atoms with Crippen LogP contribution in [0.1, 0.15) is 51.5 Å². The summed E-state index contributed by atoms with van der Waals surface area (Å²) in [5, 5.41) is 3.31. The molecule has 4 nitrogen and oxygen atoms in total. The van der Waals surface area contributed by atoms with Crippen LogP contribution >= 0.6 is 11.6 Å². The molecule has 0 radical (unpaired) electrons. The van der Waals surface area contributed by atoms with Crippen molar-refractivity contribution in [3.05, 3.63) is 35.9 Å². The molecular weight excluding hydrogens is 358 g/mol. The molecule has 1 aliphatic heterocycles. The number of alkyl halides is 1. The number of halogens is 1. The molecule has 1 aliphatic rings. The third-order valence-electron chi connectivity index (χ3n) is 5.92. The van der Waals surface area contributed by atoms with E-state index in [2.05, 4.69) is 59.3 Å². The van der Waals surface area contributed by atoms with Gasteiger partial charge >= 0.3 is 0 Å². The van der Waals surface area contributed by atoms with Gasteiger partial charge in [0.2, 0.25) is 5.91 Å². The minimum atomic E-state index is -0.0788. The molecule has 1 aromatic carbocycles. The van der Waals surface area contributed by atoms with E-state index in [4.69, 9.17) is 11.6 Å². The summed E-state index contributed by atoms with van der Waals surface area (Å²) >= 11 is 5.72. The maximum absolute atomic E-state index is 12.2. The summed E-state index contributed by atoms with van der Waals surface area (Å²) in [5.74, 6) is 0.693. The summed E-state index contributed by atoms with van der Waals surface area (Å²) in [6.45, 7) is 10.9. The minimum Gasteiger partial charge on any atom is -0.351 e. The van der Waals surface area contributed by atoms with Crippen molar-refractivity contribution < 1.29 is 4.79 Å². The van der Waals surface area contributed by atoms with Crippen LogP contribution in [-0.2, 0) is 11.3 Å². The van der Waals surface area contributed by atoms with Crippen molar-refractivity contribution in [2.24, 2.45) is 0 Å². The Morgan fingerprint density at radius 1 is 1.07 bits per heavy atom. The number of hydrogen-bond donors (Lipinski definition) is 1. The Kier molecular flexibility index (Phi) is 9.60. The van der Waals surface area contributed by atoms with Gasteiger partial charge in [0.15, 0.2) is 0 Å². The van der Waals surface area contributed by atoms with E-state index >= 15 is 0 Å². The van der Waals surface area contributed by atoms with Gasteiger partial charge in [-0.1, -0.05) is 44.2 Å². The van der Waals surface area contributed by atoms with Gasteiger partial charge in [-0.3, -0.25) is 9.69 Å². The minimum absolute atomic E-state index is 0.0788. The molecule has 27 heavy (non-hydrogen) atoms. The van der Waals surface area contributed by atoms with Gasteiger partial charge in [-0.15, -0.1) is 11.6 Å². The first-order valence-corrected chi connectivity index (χ1v) is 11.0. The molecule has 0 aromatic heterocycles. The molecule has 1 heterocycles. The first-order chi connectivity index (χ1) is 13.1. The van der Waals surface area contributed by atoms with Crippen LogP contribution in [0, 0.1) is 0 Å². The average molecular weight is 394 g/mol. The highest BCUT2D eigenvalue weighted by Crippen LogP contribution is 2.21. The average Bonchev–Trinajstić information content (AvgIpc) is 2.71. The number of carbonyl (C=O) groups is 1. The SMILES string of the molecule is CCC(CC)(CCN1CCN(Cc2ccccc2)CC1)NC(=O)CCCCl. The molecule has 0 aliphatic carbocycles. The predicted molar refractivity (Wildman–Crippen MR) is 114 cm³/mol. The van der Waals surface area contributed by atoms with Crippen LogP contribution in [-0.4, -0.2) is 59.8 Å². The lowest BCUT2D eigenvalue weighted by molar-refractivity contribution is -0.123. The lowest BCUT2D eigenvalue weighted by atomic mass is 9.88. The number of benzene rings is 1. The number of nitrogens with zero attached hydrogens (tertiary/aromatic N) is 2. The molecule has 152 valence electrons. The van der Waals surface area contributed by atoms with E-state index in [1.54, 1.807) is 0 Å². The Hall–Kier alpha value is -1.10. The number of nitrogens with one attached hydrogen (secondary N) is 1. The summed E-state index contributed by atoms with van der Waals surface area (Å²) in [6.07, 6.45) is 4.25. The van der Waals surface area contributed by atoms with Crippen LogP contribution in [0.5, 0.6) is 0 Å². The molecule has 1 fully saturated rings. The predicted octanol–water partition coefficient (Wildman–Crippen LogP) is 3.89. The Balaban J connectivity index is 1.76. The van der Waals surface area contributed by atoms with Crippen molar-refractivity contribution in [3.8, 4) is 0 Å².